The van der Waals surface area contributed by atoms with Gasteiger partial charge in [-0.3, -0.25) is 0 Å². The highest BCUT2D eigenvalue weighted by Crippen LogP contribution is 2.56. The highest BCUT2D eigenvalue weighted by molar-refractivity contribution is 7.00. The maximum absolute atomic E-state index is 12.1. The van der Waals surface area contributed by atoms with Gasteiger partial charge in [0.15, 0.2) is 0 Å². The van der Waals surface area contributed by atoms with Crippen molar-refractivity contribution in [1.82, 2.24) is 9.13 Å². The van der Waals surface area contributed by atoms with Gasteiger partial charge in [-0.1, -0.05) is 363 Å². The summed E-state index contributed by atoms with van der Waals surface area (Å²) in [6.45, 7) is 10.9. The highest BCUT2D eigenvalue weighted by atomic mass is 15.2. The van der Waals surface area contributed by atoms with Crippen molar-refractivity contribution in [2.75, 3.05) is 9.80 Å². The van der Waals surface area contributed by atoms with Crippen molar-refractivity contribution in [3.8, 4) is 100 Å². The molecule has 0 saturated carbocycles. The molecule has 2 aliphatic rings. The molecule has 0 unspecified atom stereocenters. The second kappa shape index (κ2) is 27.4. The molecule has 2 aliphatic heterocycles. The first-order valence-corrected chi connectivity index (χ1v) is 38.7. The van der Waals surface area contributed by atoms with Crippen LogP contribution in [0.4, 0.5) is 34.1 Å². The number of anilines is 6. The molecule has 21 rings (SSSR count). The zero-order chi connectivity index (χ0) is 94.6. The first-order chi connectivity index (χ1) is 64.7. The summed E-state index contributed by atoms with van der Waals surface area (Å²) in [7, 11) is 0. The summed E-state index contributed by atoms with van der Waals surface area (Å²) in [6.07, 6.45) is 0. The van der Waals surface area contributed by atoms with Crippen molar-refractivity contribution in [3.05, 3.63) is 405 Å². The third-order valence-corrected chi connectivity index (χ3v) is 22.5. The Morgan fingerprint density at radius 2 is 0.565 bits per heavy atom. The summed E-state index contributed by atoms with van der Waals surface area (Å²) in [5.74, 6) is 0. The van der Waals surface area contributed by atoms with Crippen LogP contribution in [0, 0.1) is 0 Å². The number of aromatic nitrogens is 2. The second-order valence-corrected chi connectivity index (χ2v) is 31.5. The van der Waals surface area contributed by atoms with Crippen molar-refractivity contribution in [1.29, 1.82) is 0 Å². The Bertz CT molecular complexity index is 8110. The summed E-state index contributed by atoms with van der Waals surface area (Å²) in [6, 6.07) is 74.7. The van der Waals surface area contributed by atoms with Crippen molar-refractivity contribution in [2.45, 2.75) is 52.4 Å². The molecule has 2 aromatic heterocycles. The van der Waals surface area contributed by atoms with Gasteiger partial charge in [-0.15, -0.1) is 0 Å². The van der Waals surface area contributed by atoms with Crippen LogP contribution in [0.5, 0.6) is 0 Å². The third-order valence-electron chi connectivity index (χ3n) is 22.5. The Morgan fingerprint density at radius 3 is 0.948 bits per heavy atom. The molecule has 0 amide bonds. The van der Waals surface area contributed by atoms with E-state index < -0.39 is 150 Å². The number of benzene rings is 17. The van der Waals surface area contributed by atoms with Gasteiger partial charge in [-0.2, -0.15) is 0 Å². The van der Waals surface area contributed by atoms with Gasteiger partial charge in [0.05, 0.1) is 60.9 Å². The van der Waals surface area contributed by atoms with E-state index in [2.05, 4.69) is 53.7 Å². The molecule has 115 heavy (non-hydrogen) atoms. The summed E-state index contributed by atoms with van der Waals surface area (Å²) in [5.41, 5.74) is 8.58. The fourth-order valence-electron chi connectivity index (χ4n) is 16.8. The number of nitrogens with zero attached hydrogens (tertiary/aromatic N) is 4. The van der Waals surface area contributed by atoms with Crippen molar-refractivity contribution >= 4 is 101 Å². The Balaban J connectivity index is 1.01. The Hall–Kier alpha value is -14.0. The molecule has 0 N–H and O–H groups in total. The lowest BCUT2D eigenvalue weighted by Gasteiger charge is -2.46. The standard InChI is InChI=1S/C110H83BN4/c1-109(2,3)84-66-94(78-38-21-11-22-39-78)108(95(67-84)79-40-23-12-24-41-79)115-103-71-87(113-99-47-28-26-43-91(99)93-61-57-83(65-101(93)113)75-36-19-10-20-37-75)59-63-97(103)111-96-62-58-86(112-98-46-27-25-42-90(98)92-60-56-82(64-100(92)112)74-34-17-9-18-35-74)70-102(96)114(104-68-85(110(4,5)6)69-105(115)106(104)111)107-88(80-52-48-76(49-53-80)72-30-13-7-14-31-72)44-29-45-89(107)81-54-50-77(51-55-81)73-32-15-8-16-33-73/h7-71H,1-6H3/i25D,26D,27D,28D,42D,43D,46D,47D,56D,57D,58D,59D,60D,61D,62D,63D,64D,65D,70D,71D. The maximum Gasteiger partial charge on any atom is 0.252 e. The summed E-state index contributed by atoms with van der Waals surface area (Å²) in [4.78, 5) is 3.89. The topological polar surface area (TPSA) is 16.3 Å². The van der Waals surface area contributed by atoms with E-state index >= 15 is 0 Å². The van der Waals surface area contributed by atoms with Gasteiger partial charge in [0, 0.05) is 77.9 Å². The molecule has 17 aromatic carbocycles. The van der Waals surface area contributed by atoms with E-state index in [4.69, 9.17) is 0 Å². The largest absolute Gasteiger partial charge is 0.310 e. The van der Waals surface area contributed by atoms with Gasteiger partial charge >= 0.3 is 0 Å². The molecule has 0 radical (unpaired) electrons. The average molecular weight is 1490 g/mol. The molecule has 0 atom stereocenters. The van der Waals surface area contributed by atoms with Crippen LogP contribution in [0.15, 0.2) is 394 Å². The van der Waals surface area contributed by atoms with E-state index in [-0.39, 0.29) is 77.0 Å². The molecule has 4 nitrogen and oxygen atoms in total. The van der Waals surface area contributed by atoms with Crippen LogP contribution in [0.1, 0.15) is 80.1 Å². The molecule has 4 heterocycles. The zero-order valence-electron chi connectivity index (χ0n) is 83.8. The molecule has 0 aliphatic carbocycles. The van der Waals surface area contributed by atoms with Gasteiger partial charge in [0.25, 0.3) is 6.71 Å². The van der Waals surface area contributed by atoms with Gasteiger partial charge in [0.1, 0.15) is 0 Å². The van der Waals surface area contributed by atoms with Crippen molar-refractivity contribution in [3.63, 3.8) is 0 Å². The fraction of sp³-hybridized carbons (Fsp3) is 0.0727. The zero-order valence-corrected chi connectivity index (χ0v) is 63.8. The molecule has 0 spiro atoms. The highest BCUT2D eigenvalue weighted by Gasteiger charge is 2.47. The van der Waals surface area contributed by atoms with Gasteiger partial charge < -0.3 is 18.9 Å². The molecule has 0 fully saturated rings. The summed E-state index contributed by atoms with van der Waals surface area (Å²) < 4.78 is 212. The Morgan fingerprint density at radius 1 is 0.252 bits per heavy atom. The lowest BCUT2D eigenvalue weighted by atomic mass is 9.33. The van der Waals surface area contributed by atoms with Gasteiger partial charge in [-0.25, -0.2) is 0 Å². The van der Waals surface area contributed by atoms with E-state index in [1.807, 2.05) is 210 Å². The monoisotopic (exact) mass is 1490 g/mol. The van der Waals surface area contributed by atoms with E-state index in [0.717, 1.165) is 27.8 Å². The molecular formula is C110H83BN4. The number of para-hydroxylation sites is 3. The lowest BCUT2D eigenvalue weighted by Crippen LogP contribution is -2.61. The normalized spacial score (nSPS) is 15.0. The predicted octanol–water partition coefficient (Wildman–Crippen LogP) is 27.9. The minimum atomic E-state index is -1.64. The quantitative estimate of drug-likeness (QED) is 0.113. The Labute approximate surface area is 701 Å². The third kappa shape index (κ3) is 11.7. The SMILES string of the molecule is [2H]c1c([2H])c(-n2c3c([2H])c([2H])c([2H])c([2H])c3c3c([2H])c([2H])c(-c4ccccc4)c([2H])c32)c([2H])c2c1B1c3c(cc(C(C)(C)C)cc3N(c3c(-c4ccccc4)cc(C(C)(C)C)cc3-c3ccccc3)c3c([2H])c(-n4c5c([2H])c([2H])c([2H])c([2H])c5c5c([2H])c([2H])c(-c6ccccc6)c([2H])c54)c([2H])c([2H])c31)N2c1c(-c2ccc(-c3ccccc3)cc2)cccc1-c1ccc(-c2ccccc2)cc1. The van der Waals surface area contributed by atoms with E-state index in [0.29, 0.717) is 89.4 Å². The molecule has 5 heteroatoms. The van der Waals surface area contributed by atoms with Crippen LogP contribution in [0.2, 0.25) is 0 Å². The van der Waals surface area contributed by atoms with Gasteiger partial charge in [-0.05, 0) is 178 Å². The smallest absolute Gasteiger partial charge is 0.252 e. The van der Waals surface area contributed by atoms with Crippen LogP contribution < -0.4 is 26.2 Å². The van der Waals surface area contributed by atoms with E-state index in [1.165, 1.54) is 9.13 Å². The first kappa shape index (κ1) is 50.8. The predicted molar refractivity (Wildman–Crippen MR) is 490 cm³/mol. The second-order valence-electron chi connectivity index (χ2n) is 31.5. The van der Waals surface area contributed by atoms with Crippen LogP contribution in [0.3, 0.4) is 0 Å². The minimum absolute atomic E-state index is 0.0642. The molecule has 0 bridgehead atoms. The summed E-state index contributed by atoms with van der Waals surface area (Å²) in [5, 5.41) is -1.07. The number of fused-ring (bicyclic) bond motifs is 10. The van der Waals surface area contributed by atoms with Crippen LogP contribution in [-0.2, 0) is 10.8 Å². The van der Waals surface area contributed by atoms with Crippen LogP contribution in [0.25, 0.3) is 144 Å². The molecule has 19 aromatic rings. The number of hydrogen-bond donors (Lipinski definition) is 0. The average Bonchev–Trinajstić information content (AvgIpc) is 1.68. The van der Waals surface area contributed by atoms with E-state index in [1.54, 1.807) is 60.7 Å². The van der Waals surface area contributed by atoms with Crippen LogP contribution >= 0.6 is 0 Å². The van der Waals surface area contributed by atoms with Crippen LogP contribution in [-0.4, -0.2) is 15.8 Å². The lowest BCUT2D eigenvalue weighted by molar-refractivity contribution is 0.590. The van der Waals surface area contributed by atoms with E-state index in [9.17, 15) is 27.4 Å². The Kier molecular flexibility index (Phi) is 12.1. The number of hydrogen-bond acceptors (Lipinski definition) is 2. The molecular weight excluding hydrogens is 1390 g/mol. The fourth-order valence-corrected chi connectivity index (χ4v) is 16.8. The summed E-state index contributed by atoms with van der Waals surface area (Å²) >= 11 is 0. The van der Waals surface area contributed by atoms with Crippen molar-refractivity contribution in [2.24, 2.45) is 0 Å². The molecule has 0 saturated heterocycles. The van der Waals surface area contributed by atoms with Gasteiger partial charge in [0.2, 0.25) is 0 Å². The first-order valence-electron chi connectivity index (χ1n) is 48.7. The van der Waals surface area contributed by atoms with Crippen molar-refractivity contribution < 1.29 is 27.4 Å². The molecule has 546 valence electrons. The minimum Gasteiger partial charge on any atom is -0.310 e. The number of rotatable bonds is 12. The maximum atomic E-state index is 12.1.